The van der Waals surface area contributed by atoms with Crippen LogP contribution in [0, 0.1) is 12.8 Å². The van der Waals surface area contributed by atoms with E-state index in [9.17, 15) is 13.2 Å². The molecule has 2 nitrogen and oxygen atoms in total. The lowest BCUT2D eigenvalue weighted by Crippen LogP contribution is -2.29. The van der Waals surface area contributed by atoms with Crippen molar-refractivity contribution >= 4 is 21.6 Å². The highest BCUT2D eigenvalue weighted by atomic mass is 79.9. The summed E-state index contributed by atoms with van der Waals surface area (Å²) in [6.07, 6.45) is -3.56. The monoisotopic (exact) mass is 332 g/mol. The first-order chi connectivity index (χ1) is 8.88. The first kappa shape index (κ1) is 13.0. The predicted octanol–water partition coefficient (Wildman–Crippen LogP) is 4.07. The van der Waals surface area contributed by atoms with Crippen LogP contribution in [0.3, 0.4) is 0 Å². The summed E-state index contributed by atoms with van der Waals surface area (Å²) in [7, 11) is 0. The van der Waals surface area contributed by atoms with E-state index in [-0.39, 0.29) is 12.8 Å². The molecule has 3 rings (SSSR count). The minimum atomic E-state index is -4.12. The summed E-state index contributed by atoms with van der Waals surface area (Å²) >= 11 is 3.41. The van der Waals surface area contributed by atoms with Crippen molar-refractivity contribution in [1.29, 1.82) is 0 Å². The van der Waals surface area contributed by atoms with Crippen molar-refractivity contribution in [1.82, 2.24) is 9.38 Å². The minimum absolute atomic E-state index is 0.0251. The number of aryl methyl sites for hydroxylation is 2. The third kappa shape index (κ3) is 2.06. The number of halogens is 4. The van der Waals surface area contributed by atoms with Crippen molar-refractivity contribution in [2.24, 2.45) is 5.92 Å². The number of rotatable bonds is 0. The van der Waals surface area contributed by atoms with E-state index >= 15 is 0 Å². The summed E-state index contributed by atoms with van der Waals surface area (Å²) in [6, 6.07) is 3.71. The smallest absolute Gasteiger partial charge is 0.300 e. The summed E-state index contributed by atoms with van der Waals surface area (Å²) < 4.78 is 41.4. The Morgan fingerprint density at radius 3 is 2.79 bits per heavy atom. The molecule has 0 aromatic carbocycles. The maximum atomic E-state index is 12.9. The normalized spacial score (nSPS) is 19.7. The van der Waals surface area contributed by atoms with Gasteiger partial charge in [0.1, 0.15) is 5.65 Å². The average Bonchev–Trinajstić information content (AvgIpc) is 2.70. The van der Waals surface area contributed by atoms with Gasteiger partial charge in [-0.1, -0.05) is 0 Å². The Morgan fingerprint density at radius 1 is 1.37 bits per heavy atom. The highest BCUT2D eigenvalue weighted by molar-refractivity contribution is 9.10. The Hall–Kier alpha value is -1.04. The lowest BCUT2D eigenvalue weighted by molar-refractivity contribution is -0.177. The Labute approximate surface area is 116 Å². The molecule has 19 heavy (non-hydrogen) atoms. The highest BCUT2D eigenvalue weighted by Crippen LogP contribution is 2.37. The molecule has 1 atom stereocenters. The topological polar surface area (TPSA) is 17.3 Å². The molecule has 1 aliphatic rings. The first-order valence-corrected chi connectivity index (χ1v) is 6.89. The third-order valence-corrected chi connectivity index (χ3v) is 4.61. The average molecular weight is 333 g/mol. The number of aromatic nitrogens is 2. The van der Waals surface area contributed by atoms with E-state index in [1.165, 1.54) is 0 Å². The van der Waals surface area contributed by atoms with Crippen LogP contribution in [0.15, 0.2) is 16.6 Å². The SMILES string of the molecule is Cc1c(Br)ccc2nc3c(n12)CC(C(F)(F)F)CC3. The van der Waals surface area contributed by atoms with Gasteiger partial charge in [-0.15, -0.1) is 0 Å². The Bertz CT molecular complexity index is 645. The molecule has 0 fully saturated rings. The van der Waals surface area contributed by atoms with Crippen LogP contribution < -0.4 is 0 Å². The molecular formula is C13H12BrF3N2. The quantitative estimate of drug-likeness (QED) is 0.710. The highest BCUT2D eigenvalue weighted by Gasteiger charge is 2.42. The molecule has 0 saturated heterocycles. The maximum absolute atomic E-state index is 12.9. The van der Waals surface area contributed by atoms with Crippen molar-refractivity contribution < 1.29 is 13.2 Å². The number of alkyl halides is 3. The number of hydrogen-bond acceptors (Lipinski definition) is 1. The second-order valence-corrected chi connectivity index (χ2v) is 5.80. The van der Waals surface area contributed by atoms with E-state index in [0.29, 0.717) is 12.1 Å². The molecule has 0 saturated carbocycles. The Kier molecular flexibility index (Phi) is 2.89. The molecule has 6 heteroatoms. The van der Waals surface area contributed by atoms with Crippen molar-refractivity contribution in [3.8, 4) is 0 Å². The van der Waals surface area contributed by atoms with Crippen LogP contribution in [0.4, 0.5) is 13.2 Å². The van der Waals surface area contributed by atoms with Gasteiger partial charge in [0.25, 0.3) is 0 Å². The summed E-state index contributed by atoms with van der Waals surface area (Å²) in [5, 5.41) is 0. The van der Waals surface area contributed by atoms with Crippen LogP contribution in [-0.4, -0.2) is 15.6 Å². The zero-order valence-corrected chi connectivity index (χ0v) is 11.8. The van der Waals surface area contributed by atoms with E-state index in [2.05, 4.69) is 20.9 Å². The molecule has 1 unspecified atom stereocenters. The molecule has 0 spiro atoms. The van der Waals surface area contributed by atoms with Gasteiger partial charge in [0.2, 0.25) is 0 Å². The molecule has 102 valence electrons. The molecule has 0 N–H and O–H groups in total. The number of nitrogens with zero attached hydrogens (tertiary/aromatic N) is 2. The number of fused-ring (bicyclic) bond motifs is 3. The lowest BCUT2D eigenvalue weighted by Gasteiger charge is -2.24. The molecule has 0 radical (unpaired) electrons. The van der Waals surface area contributed by atoms with Gasteiger partial charge in [0, 0.05) is 22.3 Å². The minimum Gasteiger partial charge on any atom is -0.300 e. The fraction of sp³-hybridized carbons (Fsp3) is 0.462. The first-order valence-electron chi connectivity index (χ1n) is 6.10. The molecular weight excluding hydrogens is 321 g/mol. The molecule has 0 amide bonds. The van der Waals surface area contributed by atoms with E-state index in [4.69, 9.17) is 0 Å². The maximum Gasteiger partial charge on any atom is 0.392 e. The Morgan fingerprint density at radius 2 is 2.11 bits per heavy atom. The zero-order valence-electron chi connectivity index (χ0n) is 10.3. The summed E-state index contributed by atoms with van der Waals surface area (Å²) in [5.74, 6) is -1.25. The van der Waals surface area contributed by atoms with Crippen LogP contribution in [0.25, 0.3) is 5.65 Å². The van der Waals surface area contributed by atoms with Gasteiger partial charge in [0.15, 0.2) is 0 Å². The van der Waals surface area contributed by atoms with Crippen LogP contribution in [0.5, 0.6) is 0 Å². The van der Waals surface area contributed by atoms with E-state index in [0.717, 1.165) is 21.5 Å². The molecule has 0 aliphatic heterocycles. The van der Waals surface area contributed by atoms with Crippen molar-refractivity contribution in [3.05, 3.63) is 33.7 Å². The van der Waals surface area contributed by atoms with E-state index in [1.807, 2.05) is 23.5 Å². The van der Waals surface area contributed by atoms with Gasteiger partial charge in [-0.2, -0.15) is 13.2 Å². The van der Waals surface area contributed by atoms with Crippen molar-refractivity contribution in [3.63, 3.8) is 0 Å². The summed E-state index contributed by atoms with van der Waals surface area (Å²) in [5.41, 5.74) is 3.15. The Balaban J connectivity index is 2.15. The molecule has 2 heterocycles. The fourth-order valence-electron chi connectivity index (χ4n) is 2.72. The standard InChI is InChI=1S/C13H12BrF3N2/c1-7-9(14)3-5-12-18-10-4-2-8(13(15,16)17)6-11(10)19(7)12/h3,5,8H,2,4,6H2,1H3. The van der Waals surface area contributed by atoms with E-state index < -0.39 is 12.1 Å². The van der Waals surface area contributed by atoms with Gasteiger partial charge in [-0.3, -0.25) is 4.40 Å². The number of pyridine rings is 1. The van der Waals surface area contributed by atoms with E-state index in [1.54, 1.807) is 0 Å². The molecule has 1 aliphatic carbocycles. The number of imidazole rings is 1. The van der Waals surface area contributed by atoms with Gasteiger partial charge in [-0.25, -0.2) is 4.98 Å². The largest absolute Gasteiger partial charge is 0.392 e. The van der Waals surface area contributed by atoms with Crippen LogP contribution in [-0.2, 0) is 12.8 Å². The van der Waals surface area contributed by atoms with Crippen LogP contribution in [0.2, 0.25) is 0 Å². The van der Waals surface area contributed by atoms with Crippen molar-refractivity contribution in [2.75, 3.05) is 0 Å². The van der Waals surface area contributed by atoms with Crippen LogP contribution in [0.1, 0.15) is 23.5 Å². The third-order valence-electron chi connectivity index (χ3n) is 3.77. The van der Waals surface area contributed by atoms with Gasteiger partial charge in [-0.05, 0) is 47.8 Å². The van der Waals surface area contributed by atoms with Gasteiger partial charge < -0.3 is 0 Å². The van der Waals surface area contributed by atoms with Gasteiger partial charge in [0.05, 0.1) is 11.6 Å². The molecule has 2 aromatic heterocycles. The van der Waals surface area contributed by atoms with Gasteiger partial charge >= 0.3 is 6.18 Å². The van der Waals surface area contributed by atoms with Crippen molar-refractivity contribution in [2.45, 2.75) is 32.4 Å². The second-order valence-electron chi connectivity index (χ2n) is 4.95. The van der Waals surface area contributed by atoms with Crippen LogP contribution >= 0.6 is 15.9 Å². The summed E-state index contributed by atoms with van der Waals surface area (Å²) in [6.45, 7) is 1.89. The molecule has 2 aromatic rings. The zero-order chi connectivity index (χ0) is 13.8. The fourth-order valence-corrected chi connectivity index (χ4v) is 3.03. The summed E-state index contributed by atoms with van der Waals surface area (Å²) in [4.78, 5) is 4.45. The second kappa shape index (κ2) is 4.23. The lowest BCUT2D eigenvalue weighted by atomic mass is 9.89. The predicted molar refractivity (Wildman–Crippen MR) is 69.2 cm³/mol. The number of hydrogen-bond donors (Lipinski definition) is 0. The molecule has 0 bridgehead atoms.